The molecule has 1 aromatic heterocycles. The van der Waals surface area contributed by atoms with Crippen LogP contribution in [-0.4, -0.2) is 29.0 Å². The average Bonchev–Trinajstić information content (AvgIpc) is 3.03. The highest BCUT2D eigenvalue weighted by Crippen LogP contribution is 2.37. The predicted molar refractivity (Wildman–Crippen MR) is 88.8 cm³/mol. The van der Waals surface area contributed by atoms with Crippen LogP contribution in [0.2, 0.25) is 0 Å². The predicted octanol–water partition coefficient (Wildman–Crippen LogP) is 2.00. The van der Waals surface area contributed by atoms with Crippen molar-refractivity contribution in [3.05, 3.63) is 32.6 Å². The van der Waals surface area contributed by atoms with Gasteiger partial charge in [-0.1, -0.05) is 0 Å². The largest absolute Gasteiger partial charge is 0.548 e. The smallest absolute Gasteiger partial charge is 0.211 e. The summed E-state index contributed by atoms with van der Waals surface area (Å²) in [5.74, 6) is -0.791. The maximum absolute atomic E-state index is 10.7. The lowest BCUT2D eigenvalue weighted by Gasteiger charge is -2.05. The number of carbonyl (C=O) groups is 1. The third-order valence-electron chi connectivity index (χ3n) is 3.33. The third kappa shape index (κ3) is 2.90. The lowest BCUT2D eigenvalue weighted by Crippen LogP contribution is -2.27. The number of fused-ring (bicyclic) bond motifs is 1. The lowest BCUT2D eigenvalue weighted by atomic mass is 10.1. The second kappa shape index (κ2) is 5.98. The van der Waals surface area contributed by atoms with Gasteiger partial charge < -0.3 is 19.7 Å². The molecule has 0 amide bonds. The standard InChI is InChI=1S/C15H12N2O4S2/c1-21-9-2-3-10-8(6-16-11(10)5-9)4-12-14(20)17(7-13(18)19)15(22)23-12/h2-6,20H,7H2,1H3,(H,18,19)/p-1/b8-4+. The number of nitrogens with zero attached hydrogens (tertiary/aromatic N) is 2. The van der Waals surface area contributed by atoms with Crippen molar-refractivity contribution in [3.63, 3.8) is 0 Å². The summed E-state index contributed by atoms with van der Waals surface area (Å²) >= 11 is 6.21. The molecule has 8 heteroatoms. The van der Waals surface area contributed by atoms with Gasteiger partial charge in [0.05, 0.1) is 30.2 Å². The highest BCUT2D eigenvalue weighted by atomic mass is 32.1. The summed E-state index contributed by atoms with van der Waals surface area (Å²) in [6.07, 6.45) is 3.40. The number of thiazole rings is 1. The summed E-state index contributed by atoms with van der Waals surface area (Å²) in [6, 6.07) is 5.52. The van der Waals surface area contributed by atoms with Gasteiger partial charge in [0.25, 0.3) is 0 Å². The summed E-state index contributed by atoms with van der Waals surface area (Å²) < 4.78 is 6.55. The van der Waals surface area contributed by atoms with E-state index < -0.39 is 12.5 Å². The van der Waals surface area contributed by atoms with Crippen molar-refractivity contribution in [3.8, 4) is 11.6 Å². The van der Waals surface area contributed by atoms with E-state index in [4.69, 9.17) is 17.0 Å². The molecular weight excluding hydrogens is 336 g/mol. The van der Waals surface area contributed by atoms with Crippen LogP contribution in [0.4, 0.5) is 5.69 Å². The van der Waals surface area contributed by atoms with Gasteiger partial charge in [0.1, 0.15) is 5.75 Å². The molecule has 1 N–H and O–H groups in total. The third-order valence-corrected chi connectivity index (χ3v) is 4.71. The molecular formula is C15H11N2O4S2-. The Balaban J connectivity index is 2.01. The van der Waals surface area contributed by atoms with Gasteiger partial charge in [-0.25, -0.2) is 0 Å². The SMILES string of the molecule is COc1ccc2c(c1)N=C/C2=C\c1sc(=S)n(CC(=O)[O-])c1O. The Morgan fingerprint density at radius 2 is 2.35 bits per heavy atom. The maximum atomic E-state index is 10.7. The number of aliphatic imine (C=N–C) groups is 1. The molecule has 0 aliphatic carbocycles. The number of ether oxygens (including phenoxy) is 1. The van der Waals surface area contributed by atoms with Crippen molar-refractivity contribution in [2.45, 2.75) is 6.54 Å². The number of aliphatic carboxylic acids is 1. The average molecular weight is 347 g/mol. The van der Waals surface area contributed by atoms with Gasteiger partial charge in [0.15, 0.2) is 3.95 Å². The molecule has 0 radical (unpaired) electrons. The van der Waals surface area contributed by atoms with Crippen LogP contribution >= 0.6 is 23.6 Å². The van der Waals surface area contributed by atoms with E-state index in [9.17, 15) is 15.0 Å². The van der Waals surface area contributed by atoms with Crippen LogP contribution in [0.25, 0.3) is 11.6 Å². The first-order chi connectivity index (χ1) is 11.0. The number of benzene rings is 1. The molecule has 6 nitrogen and oxygen atoms in total. The number of methoxy groups -OCH3 is 1. The molecule has 1 aromatic carbocycles. The summed E-state index contributed by atoms with van der Waals surface area (Å²) in [6.45, 7) is -0.480. The topological polar surface area (TPSA) is 86.9 Å². The summed E-state index contributed by atoms with van der Waals surface area (Å²) in [7, 11) is 1.59. The second-order valence-electron chi connectivity index (χ2n) is 4.75. The highest BCUT2D eigenvalue weighted by Gasteiger charge is 2.16. The molecule has 2 heterocycles. The Labute approximate surface area is 140 Å². The maximum Gasteiger partial charge on any atom is 0.211 e. The fourth-order valence-electron chi connectivity index (χ4n) is 2.23. The van der Waals surface area contributed by atoms with E-state index in [1.807, 2.05) is 18.2 Å². The number of hydrogen-bond acceptors (Lipinski definition) is 7. The van der Waals surface area contributed by atoms with Gasteiger partial charge in [0, 0.05) is 23.4 Å². The molecule has 1 aliphatic heterocycles. The first-order valence-electron chi connectivity index (χ1n) is 6.56. The van der Waals surface area contributed by atoms with Crippen molar-refractivity contribution >= 4 is 53.1 Å². The van der Waals surface area contributed by atoms with Crippen LogP contribution in [-0.2, 0) is 11.3 Å². The minimum absolute atomic E-state index is 0.188. The van der Waals surface area contributed by atoms with Crippen LogP contribution < -0.4 is 9.84 Å². The van der Waals surface area contributed by atoms with Gasteiger partial charge in [0.2, 0.25) is 5.88 Å². The first-order valence-corrected chi connectivity index (χ1v) is 7.78. The molecule has 0 fully saturated rings. The van der Waals surface area contributed by atoms with Crippen molar-refractivity contribution in [2.75, 3.05) is 7.11 Å². The van der Waals surface area contributed by atoms with Crippen LogP contribution in [0, 0.1) is 3.95 Å². The molecule has 0 atom stereocenters. The van der Waals surface area contributed by atoms with Crippen LogP contribution in [0.1, 0.15) is 10.4 Å². The number of aromatic nitrogens is 1. The molecule has 0 spiro atoms. The zero-order chi connectivity index (χ0) is 16.6. The minimum atomic E-state index is -1.31. The summed E-state index contributed by atoms with van der Waals surface area (Å²) in [4.78, 5) is 15.5. The summed E-state index contributed by atoms with van der Waals surface area (Å²) in [5, 5.41) is 20.9. The van der Waals surface area contributed by atoms with E-state index >= 15 is 0 Å². The Kier molecular flexibility index (Phi) is 4.01. The second-order valence-corrected chi connectivity index (χ2v) is 6.43. The Hall–Kier alpha value is -2.45. The number of carboxylic acids is 1. The zero-order valence-corrected chi connectivity index (χ0v) is 13.6. The van der Waals surface area contributed by atoms with E-state index in [-0.39, 0.29) is 9.83 Å². The van der Waals surface area contributed by atoms with E-state index in [0.717, 1.165) is 32.7 Å². The van der Waals surface area contributed by atoms with Gasteiger partial charge >= 0.3 is 0 Å². The Morgan fingerprint density at radius 3 is 3.04 bits per heavy atom. The Morgan fingerprint density at radius 1 is 1.57 bits per heavy atom. The highest BCUT2D eigenvalue weighted by molar-refractivity contribution is 7.73. The number of allylic oxidation sites excluding steroid dienone is 1. The van der Waals surface area contributed by atoms with E-state index in [1.54, 1.807) is 19.4 Å². The first kappa shape index (κ1) is 15.4. The normalized spacial score (nSPS) is 14.2. The quantitative estimate of drug-likeness (QED) is 0.855. The van der Waals surface area contributed by atoms with Crippen LogP contribution in [0.3, 0.4) is 0 Å². The van der Waals surface area contributed by atoms with Crippen LogP contribution in [0.15, 0.2) is 23.2 Å². The molecule has 1 aliphatic rings. The van der Waals surface area contributed by atoms with E-state index in [2.05, 4.69) is 4.99 Å². The molecule has 0 bridgehead atoms. The van der Waals surface area contributed by atoms with Crippen molar-refractivity contribution in [1.29, 1.82) is 0 Å². The molecule has 3 rings (SSSR count). The molecule has 0 saturated heterocycles. The number of carboxylic acid groups (broad SMARTS) is 1. The minimum Gasteiger partial charge on any atom is -0.548 e. The van der Waals surface area contributed by atoms with Crippen LogP contribution in [0.5, 0.6) is 11.6 Å². The number of aromatic hydroxyl groups is 1. The van der Waals surface area contributed by atoms with E-state index in [1.165, 1.54) is 0 Å². The molecule has 118 valence electrons. The van der Waals surface area contributed by atoms with Crippen molar-refractivity contribution in [2.24, 2.45) is 4.99 Å². The summed E-state index contributed by atoms with van der Waals surface area (Å²) in [5.41, 5.74) is 2.47. The van der Waals surface area contributed by atoms with Crippen molar-refractivity contribution < 1.29 is 19.7 Å². The fraction of sp³-hybridized carbons (Fsp3) is 0.133. The molecule has 0 unspecified atom stereocenters. The van der Waals surface area contributed by atoms with Crippen molar-refractivity contribution in [1.82, 2.24) is 4.57 Å². The monoisotopic (exact) mass is 347 g/mol. The number of carbonyl (C=O) groups excluding carboxylic acids is 1. The van der Waals surface area contributed by atoms with Gasteiger partial charge in [-0.15, -0.1) is 11.3 Å². The van der Waals surface area contributed by atoms with Gasteiger partial charge in [-0.2, -0.15) is 0 Å². The zero-order valence-electron chi connectivity index (χ0n) is 12.0. The Bertz CT molecular complexity index is 909. The molecule has 2 aromatic rings. The number of hydrogen-bond donors (Lipinski definition) is 1. The fourth-order valence-corrected chi connectivity index (χ4v) is 3.49. The van der Waals surface area contributed by atoms with Gasteiger partial charge in [-0.05, 0) is 30.4 Å². The lowest BCUT2D eigenvalue weighted by molar-refractivity contribution is -0.306. The van der Waals surface area contributed by atoms with E-state index in [0.29, 0.717) is 10.6 Å². The number of rotatable bonds is 4. The molecule has 0 saturated carbocycles. The molecule has 23 heavy (non-hydrogen) atoms. The van der Waals surface area contributed by atoms with Gasteiger partial charge in [-0.3, -0.25) is 9.56 Å².